The quantitative estimate of drug-likeness (QED) is 0.743. The number of amides is 1. The van der Waals surface area contributed by atoms with E-state index in [1.165, 1.54) is 25.1 Å². The topological polar surface area (TPSA) is 66.5 Å². The molecular formula is C16H25FN2O3S2. The molecule has 0 aliphatic rings. The van der Waals surface area contributed by atoms with Gasteiger partial charge in [0, 0.05) is 17.0 Å². The van der Waals surface area contributed by atoms with E-state index in [0.29, 0.717) is 6.54 Å². The Morgan fingerprint density at radius 2 is 2.00 bits per heavy atom. The molecule has 0 aliphatic heterocycles. The van der Waals surface area contributed by atoms with Crippen LogP contribution in [0.2, 0.25) is 0 Å². The largest absolute Gasteiger partial charge is 0.353 e. The van der Waals surface area contributed by atoms with Crippen LogP contribution in [0, 0.1) is 5.82 Å². The summed E-state index contributed by atoms with van der Waals surface area (Å²) in [4.78, 5) is 12.3. The van der Waals surface area contributed by atoms with Crippen molar-refractivity contribution in [2.75, 3.05) is 22.9 Å². The Morgan fingerprint density at radius 1 is 1.38 bits per heavy atom. The summed E-state index contributed by atoms with van der Waals surface area (Å²) < 4.78 is 38.6. The number of nitrogens with one attached hydrogen (secondary N) is 1. The molecule has 5 nitrogen and oxygen atoms in total. The van der Waals surface area contributed by atoms with Crippen LogP contribution in [0.15, 0.2) is 24.3 Å². The van der Waals surface area contributed by atoms with Crippen LogP contribution in [-0.2, 0) is 14.8 Å². The zero-order chi connectivity index (χ0) is 18.5. The number of carbonyl (C=O) groups is 1. The van der Waals surface area contributed by atoms with Crippen LogP contribution in [0.5, 0.6) is 0 Å². The van der Waals surface area contributed by atoms with Crippen LogP contribution in [0.4, 0.5) is 10.1 Å². The molecule has 0 aliphatic carbocycles. The third-order valence-electron chi connectivity index (χ3n) is 3.09. The van der Waals surface area contributed by atoms with Gasteiger partial charge in [0.1, 0.15) is 11.9 Å². The second-order valence-corrected chi connectivity index (χ2v) is 10.2. The van der Waals surface area contributed by atoms with Crippen molar-refractivity contribution >= 4 is 33.4 Å². The minimum atomic E-state index is -3.73. The molecule has 0 aromatic heterocycles. The molecule has 136 valence electrons. The van der Waals surface area contributed by atoms with Crippen LogP contribution >= 0.6 is 11.8 Å². The van der Waals surface area contributed by atoms with Gasteiger partial charge in [0.15, 0.2) is 0 Å². The first kappa shape index (κ1) is 20.8. The Hall–Kier alpha value is -1.28. The summed E-state index contributed by atoms with van der Waals surface area (Å²) in [5.74, 6) is -0.254. The van der Waals surface area contributed by atoms with Crippen LogP contribution in [0.1, 0.15) is 27.7 Å². The van der Waals surface area contributed by atoms with E-state index >= 15 is 0 Å². The number of anilines is 1. The van der Waals surface area contributed by atoms with E-state index in [0.717, 1.165) is 22.4 Å². The molecule has 0 bridgehead atoms. The van der Waals surface area contributed by atoms with Crippen LogP contribution in [-0.4, -0.2) is 43.7 Å². The van der Waals surface area contributed by atoms with Gasteiger partial charge in [-0.3, -0.25) is 9.10 Å². The summed E-state index contributed by atoms with van der Waals surface area (Å²) in [5, 5.41) is 2.73. The van der Waals surface area contributed by atoms with Crippen molar-refractivity contribution in [1.29, 1.82) is 0 Å². The van der Waals surface area contributed by atoms with Crippen LogP contribution in [0.3, 0.4) is 0 Å². The van der Waals surface area contributed by atoms with Crippen molar-refractivity contribution < 1.29 is 17.6 Å². The van der Waals surface area contributed by atoms with E-state index < -0.39 is 27.8 Å². The normalized spacial score (nSPS) is 13.4. The number of rotatable bonds is 7. The summed E-state index contributed by atoms with van der Waals surface area (Å²) in [7, 11) is -3.73. The van der Waals surface area contributed by atoms with Crippen LogP contribution in [0.25, 0.3) is 0 Å². The maximum atomic E-state index is 13.4. The molecule has 1 N–H and O–H groups in total. The molecule has 1 aromatic rings. The molecule has 1 rings (SSSR count). The smallest absolute Gasteiger partial charge is 0.243 e. The van der Waals surface area contributed by atoms with E-state index in [-0.39, 0.29) is 10.4 Å². The fraction of sp³-hybridized carbons (Fsp3) is 0.562. The Bertz CT molecular complexity index is 672. The van der Waals surface area contributed by atoms with Crippen molar-refractivity contribution in [3.63, 3.8) is 0 Å². The molecule has 0 fully saturated rings. The summed E-state index contributed by atoms with van der Waals surface area (Å²) >= 11 is 1.70. The molecule has 1 aromatic carbocycles. The number of thioether (sulfide) groups is 1. The number of nitrogens with zero attached hydrogens (tertiary/aromatic N) is 1. The molecule has 0 radical (unpaired) electrons. The molecule has 0 saturated carbocycles. The van der Waals surface area contributed by atoms with Gasteiger partial charge < -0.3 is 5.32 Å². The maximum absolute atomic E-state index is 13.4. The second kappa shape index (κ2) is 8.20. The Labute approximate surface area is 148 Å². The number of halogens is 1. The van der Waals surface area contributed by atoms with Crippen molar-refractivity contribution in [1.82, 2.24) is 5.32 Å². The third kappa shape index (κ3) is 6.68. The molecule has 0 saturated heterocycles. The maximum Gasteiger partial charge on any atom is 0.243 e. The number of hydrogen-bond donors (Lipinski definition) is 1. The van der Waals surface area contributed by atoms with Gasteiger partial charge in [0.25, 0.3) is 0 Å². The van der Waals surface area contributed by atoms with E-state index in [1.54, 1.807) is 11.8 Å². The predicted molar refractivity (Wildman–Crippen MR) is 98.4 cm³/mol. The highest BCUT2D eigenvalue weighted by molar-refractivity contribution is 8.00. The third-order valence-corrected chi connectivity index (χ3v) is 5.60. The highest BCUT2D eigenvalue weighted by Crippen LogP contribution is 2.23. The highest BCUT2D eigenvalue weighted by Gasteiger charge is 2.29. The SMILES string of the molecule is C[C@@H](C(=O)NCCSC(C)(C)C)N(c1cccc(F)c1)S(C)(=O)=O. The lowest BCUT2D eigenvalue weighted by molar-refractivity contribution is -0.121. The lowest BCUT2D eigenvalue weighted by Gasteiger charge is -2.28. The first-order valence-corrected chi connectivity index (χ1v) is 10.4. The zero-order valence-electron chi connectivity index (χ0n) is 14.7. The second-order valence-electron chi connectivity index (χ2n) is 6.47. The average molecular weight is 377 g/mol. The molecule has 0 unspecified atom stereocenters. The van der Waals surface area contributed by atoms with Crippen molar-refractivity contribution in [2.24, 2.45) is 0 Å². The van der Waals surface area contributed by atoms with Gasteiger partial charge in [-0.2, -0.15) is 11.8 Å². The van der Waals surface area contributed by atoms with E-state index in [9.17, 15) is 17.6 Å². The minimum Gasteiger partial charge on any atom is -0.353 e. The summed E-state index contributed by atoms with van der Waals surface area (Å²) in [6, 6.07) is 4.22. The van der Waals surface area contributed by atoms with Gasteiger partial charge in [0.2, 0.25) is 15.9 Å². The molecule has 0 spiro atoms. The molecule has 8 heteroatoms. The van der Waals surface area contributed by atoms with E-state index in [2.05, 4.69) is 26.1 Å². The number of sulfonamides is 1. The number of benzene rings is 1. The molecule has 1 atom stereocenters. The first-order chi connectivity index (χ1) is 10.9. The molecular weight excluding hydrogens is 351 g/mol. The monoisotopic (exact) mass is 376 g/mol. The van der Waals surface area contributed by atoms with Gasteiger partial charge >= 0.3 is 0 Å². The highest BCUT2D eigenvalue weighted by atomic mass is 32.2. The minimum absolute atomic E-state index is 0.0940. The van der Waals surface area contributed by atoms with E-state index in [1.807, 2.05) is 0 Å². The summed E-state index contributed by atoms with van der Waals surface area (Å²) in [6.45, 7) is 8.16. The molecule has 1 amide bonds. The van der Waals surface area contributed by atoms with Gasteiger partial charge in [-0.05, 0) is 25.1 Å². The summed E-state index contributed by atoms with van der Waals surface area (Å²) in [6.07, 6.45) is 0.997. The Kier molecular flexibility index (Phi) is 7.10. The van der Waals surface area contributed by atoms with Gasteiger partial charge in [-0.25, -0.2) is 12.8 Å². The van der Waals surface area contributed by atoms with Crippen molar-refractivity contribution in [3.8, 4) is 0 Å². The van der Waals surface area contributed by atoms with E-state index in [4.69, 9.17) is 0 Å². The zero-order valence-corrected chi connectivity index (χ0v) is 16.3. The summed E-state index contributed by atoms with van der Waals surface area (Å²) in [5.41, 5.74) is 0.129. The lowest BCUT2D eigenvalue weighted by Crippen LogP contribution is -2.48. The number of carbonyl (C=O) groups excluding carboxylic acids is 1. The van der Waals surface area contributed by atoms with Crippen molar-refractivity contribution in [3.05, 3.63) is 30.1 Å². The Morgan fingerprint density at radius 3 is 2.50 bits per heavy atom. The predicted octanol–water partition coefficient (Wildman–Crippen LogP) is 2.63. The van der Waals surface area contributed by atoms with Gasteiger partial charge in [0.05, 0.1) is 11.9 Å². The lowest BCUT2D eigenvalue weighted by atomic mass is 10.2. The van der Waals surface area contributed by atoms with Crippen molar-refractivity contribution in [2.45, 2.75) is 38.5 Å². The van der Waals surface area contributed by atoms with Gasteiger partial charge in [-0.1, -0.05) is 26.8 Å². The Balaban J connectivity index is 2.82. The molecule has 24 heavy (non-hydrogen) atoms. The number of hydrogen-bond acceptors (Lipinski definition) is 4. The average Bonchev–Trinajstić information content (AvgIpc) is 2.41. The first-order valence-electron chi connectivity index (χ1n) is 7.58. The van der Waals surface area contributed by atoms with Gasteiger partial charge in [-0.15, -0.1) is 0 Å². The standard InChI is InChI=1S/C16H25FN2O3S2/c1-12(15(20)18-9-10-23-16(2,3)4)19(24(5,21)22)14-8-6-7-13(17)11-14/h6-8,11-12H,9-10H2,1-5H3,(H,18,20)/t12-/m0/s1. The fourth-order valence-electron chi connectivity index (χ4n) is 2.10. The van der Waals surface area contributed by atoms with Crippen LogP contribution < -0.4 is 9.62 Å². The molecule has 0 heterocycles. The fourth-order valence-corrected chi connectivity index (χ4v) is 4.08.